The Morgan fingerprint density at radius 1 is 0.300 bits per heavy atom. The molecule has 50 heavy (non-hydrogen) atoms. The first kappa shape index (κ1) is 23.6. The molecule has 0 N–H and O–H groups in total. The molecule has 2 aromatic heterocycles. The van der Waals surface area contributed by atoms with Crippen molar-refractivity contribution in [2.75, 3.05) is 0 Å². The lowest BCUT2D eigenvalue weighted by Gasteiger charge is -2.10. The van der Waals surface area contributed by atoms with Crippen LogP contribution in [0, 0.1) is 0 Å². The van der Waals surface area contributed by atoms with Gasteiger partial charge >= 0.3 is 0 Å². The van der Waals surface area contributed by atoms with Crippen LogP contribution >= 0.6 is 0 Å². The highest BCUT2D eigenvalue weighted by Gasteiger charge is 2.17. The van der Waals surface area contributed by atoms with Gasteiger partial charge in [0.2, 0.25) is 0 Å². The Kier molecular flexibility index (Phi) is 5.44. The summed E-state index contributed by atoms with van der Waals surface area (Å²) in [6, 6.07) is 55.5. The molecule has 0 aliphatic carbocycles. The molecule has 2 heteroatoms. The van der Waals surface area contributed by atoms with Crippen LogP contribution in [0.1, 0.15) is 6.85 Å². The van der Waals surface area contributed by atoms with Gasteiger partial charge in [-0.25, -0.2) is 0 Å². The maximum atomic E-state index is 8.68. The molecule has 0 unspecified atom stereocenters. The molecule has 0 fully saturated rings. The van der Waals surface area contributed by atoms with Gasteiger partial charge in [-0.1, -0.05) is 127 Å². The maximum Gasteiger partial charge on any atom is 0.0629 e. The van der Waals surface area contributed by atoms with E-state index >= 15 is 0 Å². The Bertz CT molecular complexity index is 3100. The molecule has 0 spiro atoms. The third-order valence-corrected chi connectivity index (χ3v) is 9.81. The summed E-state index contributed by atoms with van der Waals surface area (Å²) in [6.45, 7) is 0. The fraction of sp³-hybridized carbons (Fsp3) is 0. The minimum atomic E-state index is -0.397. The summed E-state index contributed by atoms with van der Waals surface area (Å²) in [6.07, 6.45) is 0. The van der Waals surface area contributed by atoms with Crippen LogP contribution in [-0.2, 0) is 0 Å². The van der Waals surface area contributed by atoms with Crippen LogP contribution in [0.2, 0.25) is 0 Å². The molecule has 0 radical (unpaired) electrons. The molecule has 234 valence electrons. The van der Waals surface area contributed by atoms with E-state index in [4.69, 9.17) is 6.85 Å². The van der Waals surface area contributed by atoms with Gasteiger partial charge in [-0.3, -0.25) is 0 Å². The fourth-order valence-corrected chi connectivity index (χ4v) is 7.47. The predicted molar refractivity (Wildman–Crippen MR) is 211 cm³/mol. The smallest absolute Gasteiger partial charge is 0.0629 e. The standard InChI is InChI=1S/C48H32N2/c1-4-12-33(13-5-1)35-20-25-40(26-21-35)50-45-19-11-10-18-41(45)42-31-37(23-28-46(42)50)38-24-29-48-44(32-38)43-30-36(34-14-6-2-7-15-34)22-27-47(43)49(48)39-16-8-3-9-17-39/h1-32H/i2D,6D,7D,14D,15D. The number of para-hydroxylation sites is 2. The fourth-order valence-electron chi connectivity index (χ4n) is 7.47. The van der Waals surface area contributed by atoms with Gasteiger partial charge in [0.05, 0.1) is 28.9 Å². The van der Waals surface area contributed by atoms with Crippen LogP contribution in [0.4, 0.5) is 0 Å². The molecule has 0 saturated carbocycles. The van der Waals surface area contributed by atoms with Gasteiger partial charge in [0.15, 0.2) is 0 Å². The molecule has 0 amide bonds. The second kappa shape index (κ2) is 11.5. The van der Waals surface area contributed by atoms with E-state index in [0.717, 1.165) is 60.7 Å². The van der Waals surface area contributed by atoms with Crippen LogP contribution in [0.5, 0.6) is 0 Å². The second-order valence-electron chi connectivity index (χ2n) is 12.6. The van der Waals surface area contributed by atoms with Crippen LogP contribution in [0.3, 0.4) is 0 Å². The Labute approximate surface area is 297 Å². The van der Waals surface area contributed by atoms with E-state index < -0.39 is 6.04 Å². The van der Waals surface area contributed by atoms with Crippen molar-refractivity contribution in [3.8, 4) is 44.8 Å². The highest BCUT2D eigenvalue weighted by Crippen LogP contribution is 2.39. The highest BCUT2D eigenvalue weighted by atomic mass is 15.0. The zero-order valence-corrected chi connectivity index (χ0v) is 27.0. The number of benzene rings is 8. The van der Waals surface area contributed by atoms with Gasteiger partial charge in [0, 0.05) is 32.9 Å². The molecule has 0 aliphatic heterocycles. The number of nitrogens with zero attached hydrogens (tertiary/aromatic N) is 2. The lowest BCUT2D eigenvalue weighted by atomic mass is 9.99. The number of fused-ring (bicyclic) bond motifs is 6. The number of hydrogen-bond donors (Lipinski definition) is 0. The molecule has 0 aliphatic rings. The van der Waals surface area contributed by atoms with E-state index in [1.807, 2.05) is 42.5 Å². The van der Waals surface area contributed by atoms with Crippen molar-refractivity contribution in [3.63, 3.8) is 0 Å². The van der Waals surface area contributed by atoms with Crippen molar-refractivity contribution in [1.29, 1.82) is 0 Å². The third-order valence-electron chi connectivity index (χ3n) is 9.81. The zero-order valence-electron chi connectivity index (χ0n) is 32.0. The van der Waals surface area contributed by atoms with Crippen LogP contribution in [-0.4, -0.2) is 9.13 Å². The summed E-state index contributed by atoms with van der Waals surface area (Å²) < 4.78 is 46.6. The molecule has 8 aromatic carbocycles. The van der Waals surface area contributed by atoms with E-state index in [-0.39, 0.29) is 29.7 Å². The minimum Gasteiger partial charge on any atom is -0.309 e. The first-order valence-corrected chi connectivity index (χ1v) is 16.8. The Hall–Kier alpha value is -6.64. The average Bonchev–Trinajstić information content (AvgIpc) is 3.75. The number of aromatic nitrogens is 2. The maximum absolute atomic E-state index is 8.68. The highest BCUT2D eigenvalue weighted by molar-refractivity contribution is 6.13. The van der Waals surface area contributed by atoms with Crippen molar-refractivity contribution >= 4 is 43.6 Å². The quantitative estimate of drug-likeness (QED) is 0.177. The molecular formula is C48H32N2. The third kappa shape index (κ3) is 4.57. The number of rotatable bonds is 5. The second-order valence-corrected chi connectivity index (χ2v) is 12.6. The van der Waals surface area contributed by atoms with E-state index in [1.165, 1.54) is 16.5 Å². The lowest BCUT2D eigenvalue weighted by Crippen LogP contribution is -1.94. The molecule has 2 nitrogen and oxygen atoms in total. The van der Waals surface area contributed by atoms with E-state index in [9.17, 15) is 0 Å². The van der Waals surface area contributed by atoms with Crippen molar-refractivity contribution < 1.29 is 6.85 Å². The average molecular weight is 642 g/mol. The van der Waals surface area contributed by atoms with Gasteiger partial charge in [-0.05, 0) is 100 Å². The summed E-state index contributed by atoms with van der Waals surface area (Å²) in [5, 5.41) is 4.28. The topological polar surface area (TPSA) is 9.86 Å². The Morgan fingerprint density at radius 3 is 1.32 bits per heavy atom. The van der Waals surface area contributed by atoms with E-state index in [2.05, 4.69) is 130 Å². The van der Waals surface area contributed by atoms with E-state index in [1.54, 1.807) is 0 Å². The first-order valence-electron chi connectivity index (χ1n) is 19.3. The van der Waals surface area contributed by atoms with Gasteiger partial charge in [0.25, 0.3) is 0 Å². The van der Waals surface area contributed by atoms with Gasteiger partial charge in [-0.15, -0.1) is 0 Å². The zero-order chi connectivity index (χ0) is 37.4. The van der Waals surface area contributed by atoms with Crippen LogP contribution in [0.25, 0.3) is 88.4 Å². The monoisotopic (exact) mass is 641 g/mol. The summed E-state index contributed by atoms with van der Waals surface area (Å²) >= 11 is 0. The molecular weight excluding hydrogens is 605 g/mol. The Balaban J connectivity index is 1.15. The van der Waals surface area contributed by atoms with Gasteiger partial charge < -0.3 is 9.13 Å². The van der Waals surface area contributed by atoms with Gasteiger partial charge in [0.1, 0.15) is 0 Å². The minimum absolute atomic E-state index is 0.196. The molecule has 0 saturated heterocycles. The molecule has 2 heterocycles. The molecule has 0 atom stereocenters. The first-order chi connectivity index (χ1) is 26.9. The summed E-state index contributed by atoms with van der Waals surface area (Å²) in [4.78, 5) is 0. The van der Waals surface area contributed by atoms with Crippen molar-refractivity contribution in [2.45, 2.75) is 0 Å². The molecule has 10 aromatic rings. The Morgan fingerprint density at radius 2 is 0.720 bits per heavy atom. The summed E-state index contributed by atoms with van der Waals surface area (Å²) in [5.41, 5.74) is 11.6. The van der Waals surface area contributed by atoms with Crippen molar-refractivity contribution in [3.05, 3.63) is 194 Å². The number of hydrogen-bond acceptors (Lipinski definition) is 0. The molecule has 10 rings (SSSR count). The largest absolute Gasteiger partial charge is 0.309 e. The van der Waals surface area contributed by atoms with E-state index in [0.29, 0.717) is 5.56 Å². The SMILES string of the molecule is [2H]c1c([2H])c([2H])c(-c2ccc3c(c2)c2cc(-c4ccc5c(c4)c4ccccc4n5-c4ccc(-c5ccccc5)cc4)ccc2n3-c2ccccc2)c([2H])c1[2H]. The molecule has 0 bridgehead atoms. The van der Waals surface area contributed by atoms with Crippen molar-refractivity contribution in [1.82, 2.24) is 9.13 Å². The van der Waals surface area contributed by atoms with Crippen LogP contribution < -0.4 is 0 Å². The van der Waals surface area contributed by atoms with Crippen LogP contribution in [0.15, 0.2) is 194 Å². The van der Waals surface area contributed by atoms with Crippen molar-refractivity contribution in [2.24, 2.45) is 0 Å². The normalized spacial score (nSPS) is 13.0. The van der Waals surface area contributed by atoms with Gasteiger partial charge in [-0.2, -0.15) is 0 Å². The summed E-state index contributed by atoms with van der Waals surface area (Å²) in [5.74, 6) is 0. The summed E-state index contributed by atoms with van der Waals surface area (Å²) in [7, 11) is 0. The predicted octanol–water partition coefficient (Wildman–Crippen LogP) is 12.9. The lowest BCUT2D eigenvalue weighted by molar-refractivity contribution is 1.18.